The fourth-order valence-corrected chi connectivity index (χ4v) is 7.03. The van der Waals surface area contributed by atoms with Crippen molar-refractivity contribution < 1.29 is 8.83 Å². The number of furan rings is 2. The lowest BCUT2D eigenvalue weighted by Gasteiger charge is -2.10. The molecule has 0 saturated carbocycles. The normalized spacial score (nSPS) is 12.2. The third kappa shape index (κ3) is 3.14. The van der Waals surface area contributed by atoms with E-state index in [0.29, 0.717) is 0 Å². The first-order chi connectivity index (χ1) is 21.3. The minimum absolute atomic E-state index is 0.907. The summed E-state index contributed by atoms with van der Waals surface area (Å²) >= 11 is 0. The molecule has 0 radical (unpaired) electrons. The van der Waals surface area contributed by atoms with Crippen LogP contribution in [0.3, 0.4) is 0 Å². The van der Waals surface area contributed by atoms with Crippen LogP contribution in [0.5, 0.6) is 0 Å². The number of fused-ring (bicyclic) bond motifs is 12. The molecule has 0 atom stereocenters. The molecule has 3 heterocycles. The van der Waals surface area contributed by atoms with Crippen molar-refractivity contribution in [2.45, 2.75) is 0 Å². The van der Waals surface area contributed by atoms with Crippen molar-refractivity contribution >= 4 is 76.5 Å². The van der Waals surface area contributed by atoms with Crippen molar-refractivity contribution in [2.75, 3.05) is 0 Å². The van der Waals surface area contributed by atoms with Crippen LogP contribution in [0, 0.1) is 0 Å². The molecule has 3 nitrogen and oxygen atoms in total. The van der Waals surface area contributed by atoms with Crippen LogP contribution in [0.1, 0.15) is 0 Å². The van der Waals surface area contributed by atoms with Crippen molar-refractivity contribution in [1.82, 2.24) is 4.57 Å². The van der Waals surface area contributed by atoms with Gasteiger partial charge in [-0.25, -0.2) is 0 Å². The highest BCUT2D eigenvalue weighted by Gasteiger charge is 2.20. The van der Waals surface area contributed by atoms with E-state index in [1.165, 1.54) is 32.6 Å². The number of aromatic nitrogens is 1. The van der Waals surface area contributed by atoms with Gasteiger partial charge in [0.1, 0.15) is 16.7 Å². The standard InChI is InChI=1S/C40H23NO2/c1-2-8-28-25(7-1)15-21-34-38(28)32-20-19-31-29-9-3-6-12-36(29)43-40(31)39(32)41(34)27-17-13-24(14-18-27)26-16-22-37-33(23-26)30-10-4-5-11-35(30)42-37/h1-23H. The third-order valence-electron chi connectivity index (χ3n) is 9.00. The summed E-state index contributed by atoms with van der Waals surface area (Å²) in [7, 11) is 0. The van der Waals surface area contributed by atoms with Crippen LogP contribution in [0.2, 0.25) is 0 Å². The van der Waals surface area contributed by atoms with E-state index in [2.05, 4.69) is 126 Å². The van der Waals surface area contributed by atoms with Gasteiger partial charge in [-0.1, -0.05) is 91.0 Å². The maximum absolute atomic E-state index is 6.60. The zero-order valence-corrected chi connectivity index (χ0v) is 23.0. The molecule has 0 saturated heterocycles. The summed E-state index contributed by atoms with van der Waals surface area (Å²) in [6.45, 7) is 0. The highest BCUT2D eigenvalue weighted by atomic mass is 16.3. The maximum Gasteiger partial charge on any atom is 0.160 e. The molecule has 10 aromatic rings. The molecule has 0 amide bonds. The zero-order valence-electron chi connectivity index (χ0n) is 23.0. The van der Waals surface area contributed by atoms with Crippen LogP contribution >= 0.6 is 0 Å². The molecule has 0 aliphatic heterocycles. The van der Waals surface area contributed by atoms with Gasteiger partial charge >= 0.3 is 0 Å². The lowest BCUT2D eigenvalue weighted by Crippen LogP contribution is -1.94. The van der Waals surface area contributed by atoms with Gasteiger partial charge in [0.2, 0.25) is 0 Å². The van der Waals surface area contributed by atoms with Crippen molar-refractivity contribution in [1.29, 1.82) is 0 Å². The Labute approximate surface area is 245 Å². The molecule has 0 unspecified atom stereocenters. The van der Waals surface area contributed by atoms with Crippen LogP contribution in [-0.4, -0.2) is 4.57 Å². The topological polar surface area (TPSA) is 31.2 Å². The summed E-state index contributed by atoms with van der Waals surface area (Å²) < 4.78 is 15.0. The highest BCUT2D eigenvalue weighted by Crippen LogP contribution is 2.42. The predicted octanol–water partition coefficient (Wildman–Crippen LogP) is 11.4. The zero-order chi connectivity index (χ0) is 28.1. The van der Waals surface area contributed by atoms with E-state index in [-0.39, 0.29) is 0 Å². The Bertz CT molecular complexity index is 2720. The average Bonchev–Trinajstić information content (AvgIpc) is 3.74. The number of rotatable bonds is 2. The second-order valence-corrected chi connectivity index (χ2v) is 11.3. The lowest BCUT2D eigenvalue weighted by molar-refractivity contribution is 0.669. The first kappa shape index (κ1) is 22.8. The fourth-order valence-electron chi connectivity index (χ4n) is 7.03. The molecule has 7 aromatic carbocycles. The second-order valence-electron chi connectivity index (χ2n) is 11.3. The smallest absolute Gasteiger partial charge is 0.160 e. The van der Waals surface area contributed by atoms with Crippen LogP contribution in [0.4, 0.5) is 0 Å². The number of nitrogens with zero attached hydrogens (tertiary/aromatic N) is 1. The molecule has 0 aliphatic rings. The molecule has 0 aliphatic carbocycles. The molecule has 3 aromatic heterocycles. The first-order valence-corrected chi connectivity index (χ1v) is 14.6. The van der Waals surface area contributed by atoms with Gasteiger partial charge in [-0.3, -0.25) is 0 Å². The minimum Gasteiger partial charge on any atom is -0.456 e. The van der Waals surface area contributed by atoms with E-state index in [1.807, 2.05) is 18.2 Å². The van der Waals surface area contributed by atoms with Crippen molar-refractivity contribution in [2.24, 2.45) is 0 Å². The van der Waals surface area contributed by atoms with Crippen molar-refractivity contribution in [3.05, 3.63) is 140 Å². The molecule has 10 rings (SSSR count). The molecule has 0 fully saturated rings. The minimum atomic E-state index is 0.907. The van der Waals surface area contributed by atoms with E-state index < -0.39 is 0 Å². The van der Waals surface area contributed by atoms with Gasteiger partial charge < -0.3 is 13.4 Å². The lowest BCUT2D eigenvalue weighted by atomic mass is 10.0. The molecular weight excluding hydrogens is 526 g/mol. The van der Waals surface area contributed by atoms with Crippen molar-refractivity contribution in [3.8, 4) is 16.8 Å². The predicted molar refractivity (Wildman–Crippen MR) is 178 cm³/mol. The van der Waals surface area contributed by atoms with Gasteiger partial charge in [0.15, 0.2) is 5.58 Å². The quantitative estimate of drug-likeness (QED) is 0.215. The summed E-state index contributed by atoms with van der Waals surface area (Å²) in [5, 5.41) is 9.47. The van der Waals surface area contributed by atoms with Gasteiger partial charge in [-0.2, -0.15) is 0 Å². The van der Waals surface area contributed by atoms with Crippen molar-refractivity contribution in [3.63, 3.8) is 0 Å². The van der Waals surface area contributed by atoms with Gasteiger partial charge in [0, 0.05) is 38.0 Å². The molecule has 3 heteroatoms. The van der Waals surface area contributed by atoms with E-state index in [9.17, 15) is 0 Å². The molecule has 200 valence electrons. The van der Waals surface area contributed by atoms with E-state index in [4.69, 9.17) is 8.83 Å². The largest absolute Gasteiger partial charge is 0.456 e. The number of para-hydroxylation sites is 2. The summed E-state index contributed by atoms with van der Waals surface area (Å²) in [4.78, 5) is 0. The molecule has 43 heavy (non-hydrogen) atoms. The second kappa shape index (κ2) is 8.37. The fraction of sp³-hybridized carbons (Fsp3) is 0. The van der Waals surface area contributed by atoms with Gasteiger partial charge in [-0.15, -0.1) is 0 Å². The highest BCUT2D eigenvalue weighted by molar-refractivity contribution is 6.27. The summed E-state index contributed by atoms with van der Waals surface area (Å²) in [6.07, 6.45) is 0. The van der Waals surface area contributed by atoms with E-state index in [1.54, 1.807) is 0 Å². The summed E-state index contributed by atoms with van der Waals surface area (Å²) in [5.74, 6) is 0. The Kier molecular flexibility index (Phi) is 4.45. The number of benzene rings is 7. The Hall–Kier alpha value is -5.80. The molecule has 0 spiro atoms. The summed E-state index contributed by atoms with van der Waals surface area (Å²) in [6, 6.07) is 49.5. The van der Waals surface area contributed by atoms with Crippen LogP contribution in [0.15, 0.2) is 148 Å². The Morgan fingerprint density at radius 3 is 1.91 bits per heavy atom. The van der Waals surface area contributed by atoms with Crippen LogP contribution < -0.4 is 0 Å². The Morgan fingerprint density at radius 1 is 0.419 bits per heavy atom. The van der Waals surface area contributed by atoms with Gasteiger partial charge in [-0.05, 0) is 70.4 Å². The van der Waals surface area contributed by atoms with Crippen LogP contribution in [-0.2, 0) is 0 Å². The van der Waals surface area contributed by atoms with Crippen LogP contribution in [0.25, 0.3) is 93.3 Å². The van der Waals surface area contributed by atoms with E-state index in [0.717, 1.165) is 60.6 Å². The molecular formula is C40H23NO2. The summed E-state index contributed by atoms with van der Waals surface area (Å²) in [5.41, 5.74) is 9.34. The number of hydrogen-bond acceptors (Lipinski definition) is 2. The Balaban J connectivity index is 1.24. The third-order valence-corrected chi connectivity index (χ3v) is 9.00. The molecule has 0 bridgehead atoms. The Morgan fingerprint density at radius 2 is 1.07 bits per heavy atom. The molecule has 0 N–H and O–H groups in total. The number of hydrogen-bond donors (Lipinski definition) is 0. The van der Waals surface area contributed by atoms with E-state index >= 15 is 0 Å². The average molecular weight is 550 g/mol. The monoisotopic (exact) mass is 549 g/mol. The maximum atomic E-state index is 6.60. The van der Waals surface area contributed by atoms with Gasteiger partial charge in [0.05, 0.1) is 11.0 Å². The van der Waals surface area contributed by atoms with Gasteiger partial charge in [0.25, 0.3) is 0 Å². The first-order valence-electron chi connectivity index (χ1n) is 14.6. The SMILES string of the molecule is c1ccc2c(c1)ccc1c2c2ccc3c4ccccc4oc3c2n1-c1ccc(-c2ccc3oc4ccccc4c3c2)cc1.